The minimum atomic E-state index is -0.444. The van der Waals surface area contributed by atoms with Crippen LogP contribution in [0, 0.1) is 0 Å². The highest BCUT2D eigenvalue weighted by Crippen LogP contribution is 2.17. The van der Waals surface area contributed by atoms with Crippen LogP contribution in [0.5, 0.6) is 0 Å². The molecule has 64 valence electrons. The van der Waals surface area contributed by atoms with Crippen molar-refractivity contribution in [1.29, 1.82) is 0 Å². The molecule has 4 nitrogen and oxygen atoms in total. The zero-order chi connectivity index (χ0) is 8.65. The third-order valence-corrected chi connectivity index (χ3v) is 1.82. The van der Waals surface area contributed by atoms with Gasteiger partial charge in [0.15, 0.2) is 0 Å². The first kappa shape index (κ1) is 8.33. The summed E-state index contributed by atoms with van der Waals surface area (Å²) in [6.45, 7) is 4.29. The second kappa shape index (κ2) is 2.37. The van der Waals surface area contributed by atoms with E-state index in [4.69, 9.17) is 10.5 Å². The van der Waals surface area contributed by atoms with Gasteiger partial charge in [0.2, 0.25) is 0 Å². The van der Waals surface area contributed by atoms with Crippen LogP contribution < -0.4 is 5.73 Å². The molecule has 1 aliphatic heterocycles. The summed E-state index contributed by atoms with van der Waals surface area (Å²) in [6.07, 6.45) is -0.464. The number of ether oxygens (including phenoxy) is 1. The van der Waals surface area contributed by atoms with Crippen LogP contribution in [0.25, 0.3) is 0 Å². The van der Waals surface area contributed by atoms with Gasteiger partial charge in [-0.2, -0.15) is 0 Å². The molecule has 0 aromatic carbocycles. The van der Waals surface area contributed by atoms with Gasteiger partial charge in [0.25, 0.3) is 0 Å². The van der Waals surface area contributed by atoms with E-state index in [1.165, 1.54) is 4.90 Å². The lowest BCUT2D eigenvalue weighted by Crippen LogP contribution is -2.47. The maximum atomic E-state index is 10.9. The maximum Gasteiger partial charge on any atom is 0.410 e. The summed E-state index contributed by atoms with van der Waals surface area (Å²) < 4.78 is 5.00. The van der Waals surface area contributed by atoms with Crippen molar-refractivity contribution in [3.63, 3.8) is 0 Å². The Labute approximate surface area is 66.3 Å². The van der Waals surface area contributed by atoms with Crippen LogP contribution in [-0.2, 0) is 4.74 Å². The Hall–Kier alpha value is -0.770. The molecule has 1 saturated heterocycles. The fourth-order valence-electron chi connectivity index (χ4n) is 0.959. The molecule has 4 heteroatoms. The van der Waals surface area contributed by atoms with Gasteiger partial charge < -0.3 is 15.4 Å². The van der Waals surface area contributed by atoms with E-state index in [2.05, 4.69) is 0 Å². The molecule has 0 aromatic rings. The average molecular weight is 158 g/mol. The van der Waals surface area contributed by atoms with Crippen molar-refractivity contribution in [3.8, 4) is 0 Å². The Morgan fingerprint density at radius 1 is 1.73 bits per heavy atom. The average Bonchev–Trinajstić information content (AvgIpc) is 2.11. The number of nitrogens with zero attached hydrogens (tertiary/aromatic N) is 1. The van der Waals surface area contributed by atoms with Crippen molar-refractivity contribution in [2.75, 3.05) is 13.6 Å². The van der Waals surface area contributed by atoms with Gasteiger partial charge in [0.05, 0.1) is 6.54 Å². The number of carbonyl (C=O) groups is 1. The SMILES string of the molecule is CN1CC(C(C)(C)N)OC1=O. The van der Waals surface area contributed by atoms with Crippen LogP contribution in [0.3, 0.4) is 0 Å². The molecule has 1 rings (SSSR count). The molecule has 0 aromatic heterocycles. The third-order valence-electron chi connectivity index (χ3n) is 1.82. The lowest BCUT2D eigenvalue weighted by molar-refractivity contribution is 0.100. The molecule has 1 aliphatic rings. The van der Waals surface area contributed by atoms with Crippen LogP contribution in [0.1, 0.15) is 13.8 Å². The van der Waals surface area contributed by atoms with E-state index in [1.807, 2.05) is 13.8 Å². The van der Waals surface area contributed by atoms with E-state index < -0.39 is 5.54 Å². The topological polar surface area (TPSA) is 55.6 Å². The zero-order valence-electron chi connectivity index (χ0n) is 7.13. The standard InChI is InChI=1S/C7H14N2O2/c1-7(2,8)5-4-9(3)6(10)11-5/h5H,4,8H2,1-3H3. The Morgan fingerprint density at radius 2 is 2.27 bits per heavy atom. The molecule has 2 N–H and O–H groups in total. The smallest absolute Gasteiger partial charge is 0.410 e. The lowest BCUT2D eigenvalue weighted by Gasteiger charge is -2.23. The van der Waals surface area contributed by atoms with Gasteiger partial charge in [-0.25, -0.2) is 4.79 Å². The molecule has 1 fully saturated rings. The fraction of sp³-hybridized carbons (Fsp3) is 0.857. The minimum absolute atomic E-state index is 0.181. The van der Waals surface area contributed by atoms with E-state index in [-0.39, 0.29) is 12.2 Å². The van der Waals surface area contributed by atoms with E-state index in [1.54, 1.807) is 7.05 Å². The van der Waals surface area contributed by atoms with Gasteiger partial charge in [0.1, 0.15) is 6.10 Å². The van der Waals surface area contributed by atoms with Gasteiger partial charge in [-0.3, -0.25) is 0 Å². The quantitative estimate of drug-likeness (QED) is 0.592. The highest BCUT2D eigenvalue weighted by Gasteiger charge is 2.37. The van der Waals surface area contributed by atoms with Gasteiger partial charge in [-0.05, 0) is 13.8 Å². The van der Waals surface area contributed by atoms with E-state index >= 15 is 0 Å². The molecule has 1 unspecified atom stereocenters. The van der Waals surface area contributed by atoms with Gasteiger partial charge in [0, 0.05) is 12.6 Å². The number of cyclic esters (lactones) is 1. The molecule has 11 heavy (non-hydrogen) atoms. The highest BCUT2D eigenvalue weighted by atomic mass is 16.6. The molecular weight excluding hydrogens is 144 g/mol. The number of carbonyl (C=O) groups excluding carboxylic acids is 1. The summed E-state index contributed by atoms with van der Waals surface area (Å²) in [5.74, 6) is 0. The Balaban J connectivity index is 2.61. The van der Waals surface area contributed by atoms with Gasteiger partial charge in [-0.1, -0.05) is 0 Å². The predicted molar refractivity (Wildman–Crippen MR) is 41.2 cm³/mol. The molecule has 0 saturated carbocycles. The first-order chi connectivity index (χ1) is 4.91. The largest absolute Gasteiger partial charge is 0.442 e. The number of nitrogens with two attached hydrogens (primary N) is 1. The lowest BCUT2D eigenvalue weighted by atomic mass is 9.99. The maximum absolute atomic E-state index is 10.9. The molecular formula is C7H14N2O2. The second-order valence-corrected chi connectivity index (χ2v) is 3.57. The predicted octanol–water partition coefficient (Wildman–Crippen LogP) is 0.174. The number of rotatable bonds is 1. The summed E-state index contributed by atoms with van der Waals surface area (Å²) in [5, 5.41) is 0. The summed E-state index contributed by atoms with van der Waals surface area (Å²) in [6, 6.07) is 0. The monoisotopic (exact) mass is 158 g/mol. The molecule has 0 radical (unpaired) electrons. The number of likely N-dealkylation sites (N-methyl/N-ethyl adjacent to an activating group) is 1. The first-order valence-electron chi connectivity index (χ1n) is 3.62. The summed E-state index contributed by atoms with van der Waals surface area (Å²) in [5.41, 5.74) is 5.32. The van der Waals surface area contributed by atoms with Crippen molar-refractivity contribution in [1.82, 2.24) is 4.90 Å². The molecule has 0 bridgehead atoms. The van der Waals surface area contributed by atoms with Crippen molar-refractivity contribution in [2.45, 2.75) is 25.5 Å². The van der Waals surface area contributed by atoms with Crippen LogP contribution in [0.2, 0.25) is 0 Å². The second-order valence-electron chi connectivity index (χ2n) is 3.57. The Kier molecular flexibility index (Phi) is 1.80. The number of amides is 1. The van der Waals surface area contributed by atoms with E-state index in [0.717, 1.165) is 0 Å². The van der Waals surface area contributed by atoms with Crippen LogP contribution >= 0.6 is 0 Å². The van der Waals surface area contributed by atoms with Crippen molar-refractivity contribution in [2.24, 2.45) is 5.73 Å². The van der Waals surface area contributed by atoms with Crippen molar-refractivity contribution >= 4 is 6.09 Å². The van der Waals surface area contributed by atoms with Gasteiger partial charge >= 0.3 is 6.09 Å². The third kappa shape index (κ3) is 1.63. The molecule has 1 atom stereocenters. The molecule has 0 spiro atoms. The van der Waals surface area contributed by atoms with Crippen LogP contribution in [0.15, 0.2) is 0 Å². The summed E-state index contributed by atoms with van der Waals surface area (Å²) >= 11 is 0. The summed E-state index contributed by atoms with van der Waals surface area (Å²) in [4.78, 5) is 12.4. The van der Waals surface area contributed by atoms with Crippen LogP contribution in [-0.4, -0.2) is 36.2 Å². The molecule has 1 heterocycles. The van der Waals surface area contributed by atoms with Gasteiger partial charge in [-0.15, -0.1) is 0 Å². The molecule has 0 aliphatic carbocycles. The Bertz CT molecular complexity index is 174. The zero-order valence-corrected chi connectivity index (χ0v) is 7.13. The van der Waals surface area contributed by atoms with Crippen molar-refractivity contribution in [3.05, 3.63) is 0 Å². The van der Waals surface area contributed by atoms with E-state index in [0.29, 0.717) is 6.54 Å². The number of hydrogen-bond acceptors (Lipinski definition) is 3. The van der Waals surface area contributed by atoms with Crippen LogP contribution in [0.4, 0.5) is 4.79 Å². The molecule has 1 amide bonds. The highest BCUT2D eigenvalue weighted by molar-refractivity contribution is 5.69. The Morgan fingerprint density at radius 3 is 2.45 bits per heavy atom. The minimum Gasteiger partial charge on any atom is -0.442 e. The number of hydrogen-bond donors (Lipinski definition) is 1. The van der Waals surface area contributed by atoms with Crippen molar-refractivity contribution < 1.29 is 9.53 Å². The normalized spacial score (nSPS) is 25.6. The fourth-order valence-corrected chi connectivity index (χ4v) is 0.959. The first-order valence-corrected chi connectivity index (χ1v) is 3.62. The van der Waals surface area contributed by atoms with E-state index in [9.17, 15) is 4.79 Å². The summed E-state index contributed by atoms with van der Waals surface area (Å²) in [7, 11) is 1.70.